The van der Waals surface area contributed by atoms with Gasteiger partial charge in [0.05, 0.1) is 35.1 Å². The summed E-state index contributed by atoms with van der Waals surface area (Å²) in [5, 5.41) is 13.8. The molecule has 6 nitrogen and oxygen atoms in total. The van der Waals surface area contributed by atoms with Gasteiger partial charge in [-0.2, -0.15) is 5.26 Å². The summed E-state index contributed by atoms with van der Waals surface area (Å²) in [5.41, 5.74) is 5.50. The quantitative estimate of drug-likeness (QED) is 0.347. The first-order chi connectivity index (χ1) is 16.7. The molecule has 5 aromatic rings. The second-order valence-electron chi connectivity index (χ2n) is 7.99. The zero-order chi connectivity index (χ0) is 23.3. The first-order valence-electron chi connectivity index (χ1n) is 11.1. The fraction of sp³-hybridized carbons (Fsp3) is 0.107. The van der Waals surface area contributed by atoms with Crippen molar-refractivity contribution in [3.8, 4) is 28.6 Å². The number of hydrogen-bond donors (Lipinski definition) is 1. The normalized spacial score (nSPS) is 11.6. The number of nitrogens with one attached hydrogen (secondary N) is 1. The molecule has 0 spiro atoms. The van der Waals surface area contributed by atoms with E-state index in [-0.39, 0.29) is 5.92 Å². The number of hydrogen-bond acceptors (Lipinski definition) is 6. The molecule has 2 aromatic carbocycles. The van der Waals surface area contributed by atoms with Gasteiger partial charge in [0.1, 0.15) is 5.82 Å². The van der Waals surface area contributed by atoms with Crippen molar-refractivity contribution < 1.29 is 0 Å². The highest BCUT2D eigenvalue weighted by atomic mass is 15.0. The van der Waals surface area contributed by atoms with E-state index in [4.69, 9.17) is 9.97 Å². The summed E-state index contributed by atoms with van der Waals surface area (Å²) in [4.78, 5) is 18.6. The first-order valence-corrected chi connectivity index (χ1v) is 11.1. The molecule has 0 aliphatic carbocycles. The molecule has 0 bridgehead atoms. The topological polar surface area (TPSA) is 87.4 Å². The summed E-state index contributed by atoms with van der Waals surface area (Å²) < 4.78 is 0. The summed E-state index contributed by atoms with van der Waals surface area (Å²) in [6, 6.07) is 26.4. The number of nitriles is 1. The Morgan fingerprint density at radius 3 is 2.56 bits per heavy atom. The molecule has 5 rings (SSSR count). The average molecular weight is 443 g/mol. The molecular weight excluding hydrogens is 420 g/mol. The van der Waals surface area contributed by atoms with Crippen molar-refractivity contribution in [2.24, 2.45) is 0 Å². The molecule has 0 saturated carbocycles. The second-order valence-corrected chi connectivity index (χ2v) is 7.99. The number of nitrogens with zero attached hydrogens (tertiary/aromatic N) is 5. The van der Waals surface area contributed by atoms with Gasteiger partial charge in [0.2, 0.25) is 0 Å². The molecule has 1 atom stereocenters. The zero-order valence-corrected chi connectivity index (χ0v) is 18.7. The predicted molar refractivity (Wildman–Crippen MR) is 134 cm³/mol. The first kappa shape index (κ1) is 21.2. The number of pyridine rings is 2. The van der Waals surface area contributed by atoms with Gasteiger partial charge in [0.25, 0.3) is 0 Å². The van der Waals surface area contributed by atoms with Gasteiger partial charge in [-0.15, -0.1) is 0 Å². The van der Waals surface area contributed by atoms with Crippen molar-refractivity contribution in [1.29, 1.82) is 5.26 Å². The van der Waals surface area contributed by atoms with E-state index in [0.29, 0.717) is 12.4 Å². The van der Waals surface area contributed by atoms with Gasteiger partial charge in [-0.05, 0) is 47.9 Å². The number of aromatic nitrogens is 4. The van der Waals surface area contributed by atoms with E-state index in [1.807, 2.05) is 61.5 Å². The molecule has 0 fully saturated rings. The third-order valence-electron chi connectivity index (χ3n) is 5.68. The van der Waals surface area contributed by atoms with Crippen LogP contribution in [0, 0.1) is 11.3 Å². The Labute approximate surface area is 198 Å². The van der Waals surface area contributed by atoms with E-state index in [1.165, 1.54) is 0 Å². The average Bonchev–Trinajstić information content (AvgIpc) is 2.92. The lowest BCUT2D eigenvalue weighted by molar-refractivity contribution is 0.966. The van der Waals surface area contributed by atoms with Crippen LogP contribution in [-0.2, 0) is 6.54 Å². The number of benzene rings is 2. The van der Waals surface area contributed by atoms with E-state index in [9.17, 15) is 5.26 Å². The highest BCUT2D eigenvalue weighted by Crippen LogP contribution is 2.34. The Balaban J connectivity index is 1.67. The van der Waals surface area contributed by atoms with Crippen molar-refractivity contribution in [3.63, 3.8) is 0 Å². The molecule has 164 valence electrons. The van der Waals surface area contributed by atoms with Crippen molar-refractivity contribution >= 4 is 16.7 Å². The molecule has 0 amide bonds. The molecule has 3 heterocycles. The number of rotatable bonds is 6. The van der Waals surface area contributed by atoms with Crippen LogP contribution in [0.2, 0.25) is 0 Å². The van der Waals surface area contributed by atoms with Crippen LogP contribution in [0.15, 0.2) is 91.4 Å². The zero-order valence-electron chi connectivity index (χ0n) is 18.7. The molecule has 0 saturated heterocycles. The molecule has 0 radical (unpaired) electrons. The van der Waals surface area contributed by atoms with Crippen LogP contribution in [0.5, 0.6) is 0 Å². The smallest absolute Gasteiger partial charge is 0.163 e. The summed E-state index contributed by atoms with van der Waals surface area (Å²) in [5.74, 6) is 1.02. The minimum absolute atomic E-state index is 0.264. The molecular formula is C28H22N6. The fourth-order valence-corrected chi connectivity index (χ4v) is 3.87. The fourth-order valence-electron chi connectivity index (χ4n) is 3.87. The van der Waals surface area contributed by atoms with Gasteiger partial charge in [0, 0.05) is 24.2 Å². The van der Waals surface area contributed by atoms with Gasteiger partial charge in [-0.3, -0.25) is 9.97 Å². The van der Waals surface area contributed by atoms with E-state index < -0.39 is 0 Å². The Bertz CT molecular complexity index is 1480. The third-order valence-corrected chi connectivity index (χ3v) is 5.68. The van der Waals surface area contributed by atoms with Crippen LogP contribution in [0.3, 0.4) is 0 Å². The van der Waals surface area contributed by atoms with Crippen LogP contribution in [0.4, 0.5) is 5.82 Å². The van der Waals surface area contributed by atoms with Gasteiger partial charge in [-0.25, -0.2) is 9.97 Å². The number of anilines is 1. The predicted octanol–water partition coefficient (Wildman–Crippen LogP) is 5.99. The van der Waals surface area contributed by atoms with Crippen LogP contribution >= 0.6 is 0 Å². The van der Waals surface area contributed by atoms with Crippen molar-refractivity contribution in [1.82, 2.24) is 19.9 Å². The summed E-state index contributed by atoms with van der Waals surface area (Å²) in [6.45, 7) is 2.38. The molecule has 34 heavy (non-hydrogen) atoms. The molecule has 0 aliphatic rings. The number of fused-ring (bicyclic) bond motifs is 1. The van der Waals surface area contributed by atoms with Gasteiger partial charge >= 0.3 is 0 Å². The SMILES string of the molecule is C[C@@H](C#N)c1cncc(-c2nc(NCc3ccccn3)c3c(-c4ccccc4)cccc3n2)c1. The minimum Gasteiger partial charge on any atom is -0.364 e. The molecule has 3 aromatic heterocycles. The maximum Gasteiger partial charge on any atom is 0.163 e. The van der Waals surface area contributed by atoms with Crippen molar-refractivity contribution in [3.05, 3.63) is 103 Å². The van der Waals surface area contributed by atoms with Crippen molar-refractivity contribution in [2.75, 3.05) is 5.32 Å². The highest BCUT2D eigenvalue weighted by Gasteiger charge is 2.15. The maximum absolute atomic E-state index is 9.33. The lowest BCUT2D eigenvalue weighted by Gasteiger charge is -2.15. The van der Waals surface area contributed by atoms with Gasteiger partial charge in [-0.1, -0.05) is 48.5 Å². The Hall–Kier alpha value is -4.63. The maximum atomic E-state index is 9.33. The van der Waals surface area contributed by atoms with E-state index >= 15 is 0 Å². The van der Waals surface area contributed by atoms with Gasteiger partial charge < -0.3 is 5.32 Å². The van der Waals surface area contributed by atoms with Gasteiger partial charge in [0.15, 0.2) is 5.82 Å². The standard InChI is InChI=1S/C28H22N6/c1-19(15-29)21-14-22(17-30-16-21)27-33-25-12-7-11-24(20-8-3-2-4-9-20)26(25)28(34-27)32-18-23-10-5-6-13-31-23/h2-14,16-17,19H,18H2,1H3,(H,32,33,34)/t19-/m0/s1. The summed E-state index contributed by atoms with van der Waals surface area (Å²) in [7, 11) is 0. The summed E-state index contributed by atoms with van der Waals surface area (Å²) >= 11 is 0. The van der Waals surface area contributed by atoms with E-state index in [0.717, 1.165) is 44.7 Å². The Morgan fingerprint density at radius 1 is 0.912 bits per heavy atom. The highest BCUT2D eigenvalue weighted by molar-refractivity contribution is 6.02. The van der Waals surface area contributed by atoms with Crippen LogP contribution in [0.25, 0.3) is 33.4 Å². The Kier molecular flexibility index (Phi) is 5.91. The van der Waals surface area contributed by atoms with Crippen molar-refractivity contribution in [2.45, 2.75) is 19.4 Å². The lowest BCUT2D eigenvalue weighted by atomic mass is 10.00. The molecule has 0 unspecified atom stereocenters. The van der Waals surface area contributed by atoms with E-state index in [2.05, 4.69) is 39.6 Å². The third kappa shape index (κ3) is 4.32. The van der Waals surface area contributed by atoms with Crippen LogP contribution in [-0.4, -0.2) is 19.9 Å². The Morgan fingerprint density at radius 2 is 1.76 bits per heavy atom. The van der Waals surface area contributed by atoms with Crippen LogP contribution in [0.1, 0.15) is 24.1 Å². The lowest BCUT2D eigenvalue weighted by Crippen LogP contribution is -2.06. The van der Waals surface area contributed by atoms with E-state index in [1.54, 1.807) is 18.6 Å². The minimum atomic E-state index is -0.264. The molecule has 6 heteroatoms. The monoisotopic (exact) mass is 442 g/mol. The second kappa shape index (κ2) is 9.47. The largest absolute Gasteiger partial charge is 0.364 e. The molecule has 0 aliphatic heterocycles. The molecule has 1 N–H and O–H groups in total. The summed E-state index contributed by atoms with van der Waals surface area (Å²) in [6.07, 6.45) is 5.23. The van der Waals surface area contributed by atoms with Crippen LogP contribution < -0.4 is 5.32 Å².